The SMILES string of the molecule is Cc1ccc(NC(=O)COc2c(Br)cc(Br)cc2/C=C2\C(=O)NC(=O)N(c3ccc(F)cc3)C2=O)cc1Cl. The molecule has 4 rings (SSSR count). The smallest absolute Gasteiger partial charge is 0.335 e. The van der Waals surface area contributed by atoms with E-state index >= 15 is 0 Å². The average Bonchev–Trinajstić information content (AvgIpc) is 2.84. The van der Waals surface area contributed by atoms with E-state index in [0.717, 1.165) is 22.6 Å². The summed E-state index contributed by atoms with van der Waals surface area (Å²) in [5.41, 5.74) is 1.32. The predicted molar refractivity (Wildman–Crippen MR) is 148 cm³/mol. The first kappa shape index (κ1) is 27.5. The summed E-state index contributed by atoms with van der Waals surface area (Å²) in [6.45, 7) is 1.44. The van der Waals surface area contributed by atoms with Crippen LogP contribution in [-0.4, -0.2) is 30.4 Å². The molecular formula is C26H17Br2ClFN3O5. The summed E-state index contributed by atoms with van der Waals surface area (Å²) in [6.07, 6.45) is 1.24. The minimum Gasteiger partial charge on any atom is -0.482 e. The van der Waals surface area contributed by atoms with Crippen LogP contribution in [0.4, 0.5) is 20.6 Å². The van der Waals surface area contributed by atoms with Crippen LogP contribution in [0.25, 0.3) is 6.08 Å². The van der Waals surface area contributed by atoms with Gasteiger partial charge in [0.05, 0.1) is 10.2 Å². The third-order valence-electron chi connectivity index (χ3n) is 5.33. The van der Waals surface area contributed by atoms with Gasteiger partial charge in [-0.25, -0.2) is 14.1 Å². The number of imide groups is 2. The minimum absolute atomic E-state index is 0.0760. The second-order valence-electron chi connectivity index (χ2n) is 8.04. The molecule has 5 amide bonds. The van der Waals surface area contributed by atoms with Gasteiger partial charge in [-0.05, 0) is 83.0 Å². The lowest BCUT2D eigenvalue weighted by atomic mass is 10.1. The number of nitrogens with one attached hydrogen (secondary N) is 2. The number of carbonyl (C=O) groups excluding carboxylic acids is 4. The Hall–Kier alpha value is -3.54. The van der Waals surface area contributed by atoms with Crippen molar-refractivity contribution >= 4 is 84.7 Å². The monoisotopic (exact) mass is 663 g/mol. The van der Waals surface area contributed by atoms with Gasteiger partial charge in [-0.2, -0.15) is 0 Å². The molecule has 1 saturated heterocycles. The molecular weight excluding hydrogens is 649 g/mol. The van der Waals surface area contributed by atoms with Crippen molar-refractivity contribution in [2.24, 2.45) is 0 Å². The molecule has 0 aliphatic carbocycles. The van der Waals surface area contributed by atoms with Crippen molar-refractivity contribution in [3.63, 3.8) is 0 Å². The van der Waals surface area contributed by atoms with Crippen molar-refractivity contribution in [3.05, 3.63) is 91.1 Å². The molecule has 0 radical (unpaired) electrons. The Morgan fingerprint density at radius 1 is 1.11 bits per heavy atom. The van der Waals surface area contributed by atoms with Crippen molar-refractivity contribution < 1.29 is 28.3 Å². The lowest BCUT2D eigenvalue weighted by molar-refractivity contribution is -0.122. The molecule has 1 aliphatic heterocycles. The number of anilines is 2. The maximum Gasteiger partial charge on any atom is 0.335 e. The Balaban J connectivity index is 1.61. The summed E-state index contributed by atoms with van der Waals surface area (Å²) >= 11 is 12.8. The molecule has 12 heteroatoms. The number of amides is 5. The van der Waals surface area contributed by atoms with Gasteiger partial charge >= 0.3 is 6.03 Å². The molecule has 38 heavy (non-hydrogen) atoms. The molecule has 0 atom stereocenters. The van der Waals surface area contributed by atoms with Gasteiger partial charge < -0.3 is 10.1 Å². The first-order chi connectivity index (χ1) is 18.0. The van der Waals surface area contributed by atoms with Crippen LogP contribution in [0.2, 0.25) is 5.02 Å². The number of aryl methyl sites for hydroxylation is 1. The zero-order valence-electron chi connectivity index (χ0n) is 19.5. The number of nitrogens with zero attached hydrogens (tertiary/aromatic N) is 1. The Morgan fingerprint density at radius 3 is 2.50 bits per heavy atom. The van der Waals surface area contributed by atoms with E-state index in [1.165, 1.54) is 18.2 Å². The highest BCUT2D eigenvalue weighted by molar-refractivity contribution is 9.11. The average molecular weight is 666 g/mol. The first-order valence-electron chi connectivity index (χ1n) is 10.9. The van der Waals surface area contributed by atoms with Crippen LogP contribution in [0.15, 0.2) is 69.1 Å². The summed E-state index contributed by atoms with van der Waals surface area (Å²) in [4.78, 5) is 51.4. The normalized spacial score (nSPS) is 14.5. The second-order valence-corrected chi connectivity index (χ2v) is 10.2. The molecule has 1 aliphatic rings. The number of hydrogen-bond acceptors (Lipinski definition) is 5. The van der Waals surface area contributed by atoms with Crippen molar-refractivity contribution in [2.45, 2.75) is 6.92 Å². The van der Waals surface area contributed by atoms with Crippen LogP contribution < -0.4 is 20.3 Å². The van der Waals surface area contributed by atoms with Crippen LogP contribution in [0, 0.1) is 12.7 Å². The largest absolute Gasteiger partial charge is 0.482 e. The van der Waals surface area contributed by atoms with Crippen molar-refractivity contribution in [1.82, 2.24) is 5.32 Å². The van der Waals surface area contributed by atoms with E-state index in [2.05, 4.69) is 42.5 Å². The van der Waals surface area contributed by atoms with Gasteiger partial charge in [0.15, 0.2) is 6.61 Å². The molecule has 194 valence electrons. The Morgan fingerprint density at radius 2 is 1.82 bits per heavy atom. The summed E-state index contributed by atoms with van der Waals surface area (Å²) in [5.74, 6) is -2.70. The highest BCUT2D eigenvalue weighted by Crippen LogP contribution is 2.35. The topological polar surface area (TPSA) is 105 Å². The van der Waals surface area contributed by atoms with Gasteiger partial charge in [-0.1, -0.05) is 33.6 Å². The van der Waals surface area contributed by atoms with Crippen LogP contribution in [-0.2, 0) is 14.4 Å². The van der Waals surface area contributed by atoms with Gasteiger partial charge in [0.25, 0.3) is 17.7 Å². The number of hydrogen-bond donors (Lipinski definition) is 2. The lowest BCUT2D eigenvalue weighted by Gasteiger charge is -2.26. The van der Waals surface area contributed by atoms with E-state index in [1.54, 1.807) is 30.3 Å². The molecule has 8 nitrogen and oxygen atoms in total. The summed E-state index contributed by atoms with van der Waals surface area (Å²) in [5, 5.41) is 5.28. The maximum atomic E-state index is 13.4. The van der Waals surface area contributed by atoms with Gasteiger partial charge in [0.1, 0.15) is 17.1 Å². The number of rotatable bonds is 6. The summed E-state index contributed by atoms with van der Waals surface area (Å²) < 4.78 is 20.1. The molecule has 0 saturated carbocycles. The lowest BCUT2D eigenvalue weighted by Crippen LogP contribution is -2.54. The van der Waals surface area contributed by atoms with Gasteiger partial charge in [-0.3, -0.25) is 19.7 Å². The fraction of sp³-hybridized carbons (Fsp3) is 0.0769. The molecule has 1 heterocycles. The van der Waals surface area contributed by atoms with Crippen molar-refractivity contribution in [1.29, 1.82) is 0 Å². The second kappa shape index (κ2) is 11.5. The summed E-state index contributed by atoms with van der Waals surface area (Å²) in [7, 11) is 0. The Labute approximate surface area is 238 Å². The molecule has 2 N–H and O–H groups in total. The molecule has 0 aromatic heterocycles. The zero-order chi connectivity index (χ0) is 27.6. The van der Waals surface area contributed by atoms with E-state index < -0.39 is 36.2 Å². The van der Waals surface area contributed by atoms with Crippen LogP contribution >= 0.6 is 43.5 Å². The maximum absolute atomic E-state index is 13.4. The molecule has 0 bridgehead atoms. The number of barbiturate groups is 1. The highest BCUT2D eigenvalue weighted by Gasteiger charge is 2.37. The summed E-state index contributed by atoms with van der Waals surface area (Å²) in [6, 6.07) is 12.0. The first-order valence-corrected chi connectivity index (χ1v) is 12.8. The third kappa shape index (κ3) is 6.12. The quantitative estimate of drug-likeness (QED) is 0.249. The predicted octanol–water partition coefficient (Wildman–Crippen LogP) is 6.00. The molecule has 3 aromatic rings. The van der Waals surface area contributed by atoms with E-state index in [4.69, 9.17) is 16.3 Å². The van der Waals surface area contributed by atoms with Crippen LogP contribution in [0.5, 0.6) is 5.75 Å². The molecule has 0 unspecified atom stereocenters. The molecule has 1 fully saturated rings. The van der Waals surface area contributed by atoms with E-state index in [-0.39, 0.29) is 22.6 Å². The number of urea groups is 1. The zero-order valence-corrected chi connectivity index (χ0v) is 23.4. The van der Waals surface area contributed by atoms with Crippen LogP contribution in [0.3, 0.4) is 0 Å². The van der Waals surface area contributed by atoms with Gasteiger partial charge in [0.2, 0.25) is 0 Å². The number of halogens is 4. The van der Waals surface area contributed by atoms with E-state index in [1.807, 2.05) is 6.92 Å². The van der Waals surface area contributed by atoms with Gasteiger partial charge in [-0.15, -0.1) is 0 Å². The fourth-order valence-electron chi connectivity index (χ4n) is 3.48. The molecule has 3 aromatic carbocycles. The molecule has 0 spiro atoms. The van der Waals surface area contributed by atoms with E-state index in [9.17, 15) is 23.6 Å². The number of ether oxygens (including phenoxy) is 1. The van der Waals surface area contributed by atoms with Crippen molar-refractivity contribution in [3.8, 4) is 5.75 Å². The third-order valence-corrected chi connectivity index (χ3v) is 6.78. The minimum atomic E-state index is -0.969. The highest BCUT2D eigenvalue weighted by atomic mass is 79.9. The fourth-order valence-corrected chi connectivity index (χ4v) is 5.04. The Bertz CT molecular complexity index is 1510. The number of carbonyl (C=O) groups is 4. The van der Waals surface area contributed by atoms with Crippen molar-refractivity contribution in [2.75, 3.05) is 16.8 Å². The standard InChI is InChI=1S/C26H17Br2ClFN3O5/c1-13-2-5-17(11-21(13)29)31-22(34)12-38-23-14(8-15(27)10-20(23)28)9-19-24(35)32-26(37)33(25(19)36)18-6-3-16(30)4-7-18/h2-11H,12H2,1H3,(H,31,34)(H,32,35,37)/b19-9+. The number of benzene rings is 3. The Kier molecular flexibility index (Phi) is 8.29. The van der Waals surface area contributed by atoms with Crippen LogP contribution in [0.1, 0.15) is 11.1 Å². The van der Waals surface area contributed by atoms with E-state index in [0.29, 0.717) is 19.7 Å². The van der Waals surface area contributed by atoms with Gasteiger partial charge in [0, 0.05) is 20.7 Å².